The smallest absolute Gasteiger partial charge is 0.317 e. The summed E-state index contributed by atoms with van der Waals surface area (Å²) in [5.41, 5.74) is 1.69. The number of para-hydroxylation sites is 1. The Balaban J connectivity index is 1.40. The van der Waals surface area contributed by atoms with Crippen molar-refractivity contribution in [3.63, 3.8) is 0 Å². The van der Waals surface area contributed by atoms with E-state index in [0.717, 1.165) is 30.2 Å². The van der Waals surface area contributed by atoms with Gasteiger partial charge in [-0.05, 0) is 25.3 Å². The molecule has 1 saturated carbocycles. The Morgan fingerprint density at radius 2 is 1.69 bits per heavy atom. The van der Waals surface area contributed by atoms with Crippen LogP contribution in [0.15, 0.2) is 30.5 Å². The summed E-state index contributed by atoms with van der Waals surface area (Å²) in [5.74, 6) is 0.0421. The maximum absolute atomic E-state index is 13.0. The van der Waals surface area contributed by atoms with Crippen molar-refractivity contribution in [3.8, 4) is 0 Å². The van der Waals surface area contributed by atoms with Gasteiger partial charge in [-0.25, -0.2) is 4.79 Å². The van der Waals surface area contributed by atoms with Gasteiger partial charge in [-0.1, -0.05) is 31.0 Å². The lowest BCUT2D eigenvalue weighted by Crippen LogP contribution is -2.45. The second-order valence-corrected chi connectivity index (χ2v) is 7.31. The molecule has 0 atom stereocenters. The molecule has 2 aromatic rings. The van der Waals surface area contributed by atoms with E-state index in [4.69, 9.17) is 0 Å². The average Bonchev–Trinajstić information content (AvgIpc) is 3.25. The summed E-state index contributed by atoms with van der Waals surface area (Å²) in [6, 6.07) is 8.21. The molecule has 2 heterocycles. The van der Waals surface area contributed by atoms with E-state index < -0.39 is 0 Å². The van der Waals surface area contributed by atoms with Crippen LogP contribution in [0.3, 0.4) is 0 Å². The number of nitrogens with one attached hydrogen (secondary N) is 2. The summed E-state index contributed by atoms with van der Waals surface area (Å²) >= 11 is 0. The number of carbonyl (C=O) groups is 2. The molecular weight excluding hydrogens is 328 g/mol. The highest BCUT2D eigenvalue weighted by Gasteiger charge is 2.26. The Labute approximate surface area is 153 Å². The van der Waals surface area contributed by atoms with Crippen LogP contribution in [0.2, 0.25) is 0 Å². The molecule has 0 radical (unpaired) electrons. The van der Waals surface area contributed by atoms with Gasteiger partial charge in [-0.3, -0.25) is 4.79 Å². The van der Waals surface area contributed by atoms with Crippen LogP contribution in [0.4, 0.5) is 4.79 Å². The summed E-state index contributed by atoms with van der Waals surface area (Å²) in [7, 11) is 0. The van der Waals surface area contributed by atoms with Gasteiger partial charge < -0.3 is 20.1 Å². The summed E-state index contributed by atoms with van der Waals surface area (Å²) < 4.78 is 0. The lowest BCUT2D eigenvalue weighted by molar-refractivity contribution is 0.0764. The molecule has 1 aliphatic heterocycles. The summed E-state index contributed by atoms with van der Waals surface area (Å²) in [6.45, 7) is 2.56. The van der Waals surface area contributed by atoms with Crippen LogP contribution < -0.4 is 5.32 Å². The molecule has 3 amide bonds. The molecule has 2 fully saturated rings. The van der Waals surface area contributed by atoms with Crippen LogP contribution in [0.5, 0.6) is 0 Å². The third-order valence-corrected chi connectivity index (χ3v) is 5.57. The fourth-order valence-corrected chi connectivity index (χ4v) is 4.08. The van der Waals surface area contributed by atoms with Crippen LogP contribution in [0.25, 0.3) is 10.9 Å². The number of urea groups is 1. The Hall–Kier alpha value is -2.50. The zero-order valence-electron chi connectivity index (χ0n) is 15.0. The van der Waals surface area contributed by atoms with Crippen LogP contribution >= 0.6 is 0 Å². The summed E-state index contributed by atoms with van der Waals surface area (Å²) in [6.07, 6.45) is 7.19. The minimum atomic E-state index is 0.0262. The molecule has 1 aromatic heterocycles. The quantitative estimate of drug-likeness (QED) is 0.871. The molecule has 1 saturated heterocycles. The molecule has 6 heteroatoms. The van der Waals surface area contributed by atoms with E-state index in [1.54, 1.807) is 6.20 Å². The topological polar surface area (TPSA) is 68.4 Å². The zero-order chi connectivity index (χ0) is 17.9. The van der Waals surface area contributed by atoms with E-state index in [9.17, 15) is 9.59 Å². The van der Waals surface area contributed by atoms with E-state index in [-0.39, 0.29) is 11.9 Å². The second kappa shape index (κ2) is 7.40. The number of hydrogen-bond donors (Lipinski definition) is 2. The molecule has 138 valence electrons. The first-order chi connectivity index (χ1) is 12.7. The Morgan fingerprint density at radius 3 is 2.54 bits per heavy atom. The number of nitrogens with zero attached hydrogens (tertiary/aromatic N) is 2. The van der Waals surface area contributed by atoms with E-state index in [1.807, 2.05) is 34.1 Å². The predicted octanol–water partition coefficient (Wildman–Crippen LogP) is 2.97. The van der Waals surface area contributed by atoms with Gasteiger partial charge in [-0.2, -0.15) is 0 Å². The van der Waals surface area contributed by atoms with Crippen molar-refractivity contribution in [2.24, 2.45) is 0 Å². The number of rotatable bonds is 2. The highest BCUT2D eigenvalue weighted by molar-refractivity contribution is 6.06. The Bertz CT molecular complexity index is 794. The number of fused-ring (bicyclic) bond motifs is 1. The summed E-state index contributed by atoms with van der Waals surface area (Å²) in [4.78, 5) is 32.4. The maximum Gasteiger partial charge on any atom is 0.317 e. The van der Waals surface area contributed by atoms with E-state index >= 15 is 0 Å². The number of amides is 3. The van der Waals surface area contributed by atoms with Crippen molar-refractivity contribution in [2.45, 2.75) is 38.1 Å². The summed E-state index contributed by atoms with van der Waals surface area (Å²) in [5, 5.41) is 4.11. The normalized spacial score (nSPS) is 18.9. The van der Waals surface area contributed by atoms with Crippen molar-refractivity contribution in [1.82, 2.24) is 20.1 Å². The van der Waals surface area contributed by atoms with Crippen LogP contribution in [-0.2, 0) is 0 Å². The number of aromatic amines is 1. The molecule has 6 nitrogen and oxygen atoms in total. The molecule has 0 spiro atoms. The Kier molecular flexibility index (Phi) is 4.82. The van der Waals surface area contributed by atoms with E-state index in [0.29, 0.717) is 37.8 Å². The number of benzene rings is 1. The van der Waals surface area contributed by atoms with Gasteiger partial charge in [0.2, 0.25) is 0 Å². The largest absolute Gasteiger partial charge is 0.360 e. The minimum absolute atomic E-state index is 0.0262. The molecular formula is C20H26N4O2. The lowest BCUT2D eigenvalue weighted by Gasteiger charge is -2.24. The standard InChI is InChI=1S/C20H26N4O2/c25-19(17-14-21-18-9-4-3-8-16(17)18)23-10-5-11-24(13-12-23)20(26)22-15-6-1-2-7-15/h3-4,8-9,14-15,21H,1-2,5-7,10-13H2,(H,22,26). The molecule has 2 aliphatic rings. The molecule has 1 aliphatic carbocycles. The fraction of sp³-hybridized carbons (Fsp3) is 0.500. The SMILES string of the molecule is O=C(NC1CCCC1)N1CCCN(C(=O)c2c[nH]c3ccccc23)CC1. The monoisotopic (exact) mass is 354 g/mol. The van der Waals surface area contributed by atoms with Crippen LogP contribution in [-0.4, -0.2) is 58.9 Å². The van der Waals surface area contributed by atoms with Crippen LogP contribution in [0, 0.1) is 0 Å². The van der Waals surface area contributed by atoms with Crippen LogP contribution in [0.1, 0.15) is 42.5 Å². The Morgan fingerprint density at radius 1 is 0.962 bits per heavy atom. The van der Waals surface area contributed by atoms with E-state index in [1.165, 1.54) is 12.8 Å². The average molecular weight is 354 g/mol. The maximum atomic E-state index is 13.0. The van der Waals surface area contributed by atoms with Crippen molar-refractivity contribution < 1.29 is 9.59 Å². The number of carbonyl (C=O) groups excluding carboxylic acids is 2. The van der Waals surface area contributed by atoms with Crippen molar-refractivity contribution >= 4 is 22.8 Å². The zero-order valence-corrected chi connectivity index (χ0v) is 15.0. The molecule has 4 rings (SSSR count). The highest BCUT2D eigenvalue weighted by Crippen LogP contribution is 2.21. The fourth-order valence-electron chi connectivity index (χ4n) is 4.08. The third-order valence-electron chi connectivity index (χ3n) is 5.57. The van der Waals surface area contributed by atoms with Gasteiger partial charge in [0, 0.05) is 49.3 Å². The molecule has 0 bridgehead atoms. The van der Waals surface area contributed by atoms with E-state index in [2.05, 4.69) is 10.3 Å². The van der Waals surface area contributed by atoms with Crippen molar-refractivity contribution in [3.05, 3.63) is 36.0 Å². The third kappa shape index (κ3) is 3.41. The number of hydrogen-bond acceptors (Lipinski definition) is 2. The van der Waals surface area contributed by atoms with Crippen molar-refractivity contribution in [1.29, 1.82) is 0 Å². The van der Waals surface area contributed by atoms with Gasteiger partial charge in [0.05, 0.1) is 5.56 Å². The molecule has 1 aromatic carbocycles. The molecule has 0 unspecified atom stereocenters. The lowest BCUT2D eigenvalue weighted by atomic mass is 10.1. The van der Waals surface area contributed by atoms with Gasteiger partial charge in [0.1, 0.15) is 0 Å². The first kappa shape index (κ1) is 16.9. The molecule has 26 heavy (non-hydrogen) atoms. The highest BCUT2D eigenvalue weighted by atomic mass is 16.2. The predicted molar refractivity (Wildman–Crippen MR) is 101 cm³/mol. The van der Waals surface area contributed by atoms with Gasteiger partial charge in [-0.15, -0.1) is 0 Å². The minimum Gasteiger partial charge on any atom is -0.360 e. The van der Waals surface area contributed by atoms with Gasteiger partial charge in [0.15, 0.2) is 0 Å². The second-order valence-electron chi connectivity index (χ2n) is 7.31. The first-order valence-electron chi connectivity index (χ1n) is 9.63. The van der Waals surface area contributed by atoms with Crippen molar-refractivity contribution in [2.75, 3.05) is 26.2 Å². The number of aromatic nitrogens is 1. The number of H-pyrrole nitrogens is 1. The first-order valence-corrected chi connectivity index (χ1v) is 9.63. The van der Waals surface area contributed by atoms with Gasteiger partial charge >= 0.3 is 6.03 Å². The van der Waals surface area contributed by atoms with Gasteiger partial charge in [0.25, 0.3) is 5.91 Å². The molecule has 2 N–H and O–H groups in total.